The Bertz CT molecular complexity index is 753. The van der Waals surface area contributed by atoms with Gasteiger partial charge in [0.2, 0.25) is 0 Å². The fourth-order valence-corrected chi connectivity index (χ4v) is 6.50. The maximum atomic E-state index is 12.6. The van der Waals surface area contributed by atoms with Crippen molar-refractivity contribution in [2.75, 3.05) is 6.61 Å². The summed E-state index contributed by atoms with van der Waals surface area (Å²) < 4.78 is 5.11. The van der Waals surface area contributed by atoms with Gasteiger partial charge in [0.05, 0.1) is 12.6 Å². The monoisotopic (exact) mass is 371 g/mol. The van der Waals surface area contributed by atoms with E-state index in [0.717, 1.165) is 31.3 Å². The molecule has 1 amide bonds. The standard InChI is InChI=1S/C22H29NO4/c1-4-27-20(26)23-18-12-14-15-5-6-19(25)22(15,3)10-8-16(14)21(2)9-7-13(24)11-17(18)21/h7,9,11,14-16,18H,4-6,8,10,12H2,1-3H3,(H,23,26)/t14-,15-,16-,18?,21+,22-/m0/s1. The molecule has 3 saturated carbocycles. The van der Waals surface area contributed by atoms with Crippen LogP contribution in [0, 0.1) is 28.6 Å². The van der Waals surface area contributed by atoms with E-state index in [1.165, 1.54) is 0 Å². The fourth-order valence-electron chi connectivity index (χ4n) is 6.50. The highest BCUT2D eigenvalue weighted by molar-refractivity contribution is 6.01. The lowest BCUT2D eigenvalue weighted by Crippen LogP contribution is -2.56. The van der Waals surface area contributed by atoms with E-state index < -0.39 is 6.09 Å². The topological polar surface area (TPSA) is 72.5 Å². The number of hydrogen-bond acceptors (Lipinski definition) is 4. The minimum absolute atomic E-state index is 0.0201. The first-order valence-corrected chi connectivity index (χ1v) is 10.2. The second kappa shape index (κ2) is 6.32. The molecule has 0 radical (unpaired) electrons. The molecule has 0 spiro atoms. The molecule has 4 aliphatic carbocycles. The van der Waals surface area contributed by atoms with Crippen LogP contribution in [0.4, 0.5) is 4.79 Å². The SMILES string of the molecule is CCOC(=O)NC1C[C@@H]2[C@H](CC[C@]3(C)C(=O)CC[C@@H]23)[C@@]2(C)C=CC(=O)C=C12. The van der Waals surface area contributed by atoms with Crippen LogP contribution >= 0.6 is 0 Å². The number of hydrogen-bond donors (Lipinski definition) is 1. The van der Waals surface area contributed by atoms with Crippen molar-refractivity contribution in [1.82, 2.24) is 5.32 Å². The van der Waals surface area contributed by atoms with Crippen LogP contribution in [0.5, 0.6) is 0 Å². The Morgan fingerprint density at radius 3 is 2.78 bits per heavy atom. The van der Waals surface area contributed by atoms with Gasteiger partial charge in [0.25, 0.3) is 0 Å². The third kappa shape index (κ3) is 2.69. The Morgan fingerprint density at radius 1 is 1.26 bits per heavy atom. The molecule has 146 valence electrons. The highest BCUT2D eigenvalue weighted by atomic mass is 16.5. The smallest absolute Gasteiger partial charge is 0.407 e. The molecule has 0 bridgehead atoms. The highest BCUT2D eigenvalue weighted by Crippen LogP contribution is 2.63. The van der Waals surface area contributed by atoms with Crippen LogP contribution in [0.15, 0.2) is 23.8 Å². The summed E-state index contributed by atoms with van der Waals surface area (Å²) in [5, 5.41) is 3.00. The average molecular weight is 371 g/mol. The Balaban J connectivity index is 1.71. The molecule has 0 aromatic carbocycles. The van der Waals surface area contributed by atoms with Gasteiger partial charge in [-0.25, -0.2) is 4.79 Å². The summed E-state index contributed by atoms with van der Waals surface area (Å²) in [5.74, 6) is 1.51. The van der Waals surface area contributed by atoms with E-state index in [4.69, 9.17) is 4.74 Å². The van der Waals surface area contributed by atoms with E-state index in [1.807, 2.05) is 6.08 Å². The van der Waals surface area contributed by atoms with Gasteiger partial charge in [0.1, 0.15) is 5.78 Å². The normalized spacial score (nSPS) is 42.7. The van der Waals surface area contributed by atoms with Crippen molar-refractivity contribution in [2.45, 2.75) is 58.9 Å². The highest BCUT2D eigenvalue weighted by Gasteiger charge is 2.60. The summed E-state index contributed by atoms with van der Waals surface area (Å²) in [6.07, 6.45) is 9.30. The van der Waals surface area contributed by atoms with E-state index in [0.29, 0.717) is 36.6 Å². The number of ketones is 2. The van der Waals surface area contributed by atoms with Gasteiger partial charge in [0, 0.05) is 17.3 Å². The van der Waals surface area contributed by atoms with Crippen molar-refractivity contribution in [3.05, 3.63) is 23.8 Å². The Kier molecular flexibility index (Phi) is 4.32. The van der Waals surface area contributed by atoms with Gasteiger partial charge in [-0.05, 0) is 68.1 Å². The van der Waals surface area contributed by atoms with E-state index in [9.17, 15) is 14.4 Å². The van der Waals surface area contributed by atoms with E-state index >= 15 is 0 Å². The molecule has 4 rings (SSSR count). The maximum absolute atomic E-state index is 12.6. The first-order valence-electron chi connectivity index (χ1n) is 10.2. The fraction of sp³-hybridized carbons (Fsp3) is 0.682. The number of carbonyl (C=O) groups is 3. The summed E-state index contributed by atoms with van der Waals surface area (Å²) in [7, 11) is 0. The molecule has 6 atom stereocenters. The zero-order chi connectivity index (χ0) is 19.4. The number of Topliss-reactive ketones (excluding diaryl/α,β-unsaturated/α-hetero) is 1. The molecule has 4 aliphatic rings. The third-order valence-electron chi connectivity index (χ3n) is 7.88. The molecule has 1 N–H and O–H groups in total. The van der Waals surface area contributed by atoms with Gasteiger partial charge >= 0.3 is 6.09 Å². The van der Waals surface area contributed by atoms with Gasteiger partial charge in [-0.3, -0.25) is 9.59 Å². The van der Waals surface area contributed by atoms with Gasteiger partial charge < -0.3 is 10.1 Å². The number of ether oxygens (including phenoxy) is 1. The molecular formula is C22H29NO4. The van der Waals surface area contributed by atoms with E-state index in [1.54, 1.807) is 19.1 Å². The minimum Gasteiger partial charge on any atom is -0.450 e. The van der Waals surface area contributed by atoms with Crippen LogP contribution in [0.25, 0.3) is 0 Å². The number of carbonyl (C=O) groups excluding carboxylic acids is 3. The van der Waals surface area contributed by atoms with E-state index in [-0.39, 0.29) is 22.7 Å². The molecule has 5 nitrogen and oxygen atoms in total. The molecule has 0 aromatic heterocycles. The van der Waals surface area contributed by atoms with Crippen molar-refractivity contribution in [2.24, 2.45) is 28.6 Å². The molecule has 3 fully saturated rings. The molecule has 5 heteroatoms. The number of nitrogens with one attached hydrogen (secondary N) is 1. The van der Waals surface area contributed by atoms with Gasteiger partial charge in [-0.1, -0.05) is 19.9 Å². The molecule has 0 aromatic rings. The first-order chi connectivity index (χ1) is 12.8. The molecule has 0 saturated heterocycles. The number of rotatable bonds is 2. The van der Waals surface area contributed by atoms with Crippen LogP contribution in [0.1, 0.15) is 52.9 Å². The Hall–Kier alpha value is -1.91. The van der Waals surface area contributed by atoms with E-state index in [2.05, 4.69) is 19.2 Å². The van der Waals surface area contributed by atoms with Crippen LogP contribution in [-0.2, 0) is 14.3 Å². The lowest BCUT2D eigenvalue weighted by atomic mass is 9.47. The molecule has 1 unspecified atom stereocenters. The van der Waals surface area contributed by atoms with Crippen LogP contribution < -0.4 is 5.32 Å². The lowest BCUT2D eigenvalue weighted by molar-refractivity contribution is -0.131. The maximum Gasteiger partial charge on any atom is 0.407 e. The van der Waals surface area contributed by atoms with Crippen LogP contribution in [0.3, 0.4) is 0 Å². The summed E-state index contributed by atoms with van der Waals surface area (Å²) >= 11 is 0. The Labute approximate surface area is 160 Å². The van der Waals surface area contributed by atoms with Crippen molar-refractivity contribution in [1.29, 1.82) is 0 Å². The van der Waals surface area contributed by atoms with Crippen molar-refractivity contribution >= 4 is 17.7 Å². The second-order valence-corrected chi connectivity index (χ2v) is 9.07. The largest absolute Gasteiger partial charge is 0.450 e. The number of amides is 1. The second-order valence-electron chi connectivity index (χ2n) is 9.07. The number of allylic oxidation sites excluding steroid dienone is 3. The minimum atomic E-state index is -0.438. The Morgan fingerprint density at radius 2 is 2.04 bits per heavy atom. The quantitative estimate of drug-likeness (QED) is 0.805. The summed E-state index contributed by atoms with van der Waals surface area (Å²) in [5.41, 5.74) is 0.521. The van der Waals surface area contributed by atoms with Crippen molar-refractivity contribution < 1.29 is 19.1 Å². The summed E-state index contributed by atoms with van der Waals surface area (Å²) in [4.78, 5) is 36.9. The number of alkyl carbamates (subject to hydrolysis) is 1. The molecule has 0 aliphatic heterocycles. The van der Waals surface area contributed by atoms with Gasteiger partial charge in [0.15, 0.2) is 5.78 Å². The predicted molar refractivity (Wildman–Crippen MR) is 101 cm³/mol. The third-order valence-corrected chi connectivity index (χ3v) is 7.88. The van der Waals surface area contributed by atoms with Crippen molar-refractivity contribution in [3.63, 3.8) is 0 Å². The zero-order valence-corrected chi connectivity index (χ0v) is 16.4. The average Bonchev–Trinajstić information content (AvgIpc) is 2.92. The van der Waals surface area contributed by atoms with Gasteiger partial charge in [-0.2, -0.15) is 0 Å². The van der Waals surface area contributed by atoms with Crippen LogP contribution in [-0.4, -0.2) is 30.3 Å². The predicted octanol–water partition coefficient (Wildman–Crippen LogP) is 3.59. The van der Waals surface area contributed by atoms with Crippen LogP contribution in [0.2, 0.25) is 0 Å². The summed E-state index contributed by atoms with van der Waals surface area (Å²) in [6, 6.07) is -0.220. The molecule has 27 heavy (non-hydrogen) atoms. The van der Waals surface area contributed by atoms with Gasteiger partial charge in [-0.15, -0.1) is 0 Å². The van der Waals surface area contributed by atoms with Crippen molar-refractivity contribution in [3.8, 4) is 0 Å². The molecule has 0 heterocycles. The summed E-state index contributed by atoms with van der Waals surface area (Å²) in [6.45, 7) is 6.43. The number of fused-ring (bicyclic) bond motifs is 5. The molecular weight excluding hydrogens is 342 g/mol. The lowest BCUT2D eigenvalue weighted by Gasteiger charge is -2.57. The zero-order valence-electron chi connectivity index (χ0n) is 16.4. The first kappa shape index (κ1) is 18.5.